The molecule has 1 aromatic heterocycles. The van der Waals surface area contributed by atoms with E-state index in [4.69, 9.17) is 16.9 Å². The van der Waals surface area contributed by atoms with Gasteiger partial charge in [0.25, 0.3) is 0 Å². The van der Waals surface area contributed by atoms with Crippen LogP contribution in [-0.2, 0) is 6.54 Å². The van der Waals surface area contributed by atoms with Crippen molar-refractivity contribution in [3.8, 4) is 11.1 Å². The molecule has 3 nitrogen and oxygen atoms in total. The average molecular weight is 407 g/mol. The molecule has 151 valence electrons. The number of nitrogens with zero attached hydrogens (tertiary/aromatic N) is 3. The Balaban J connectivity index is 1.75. The molecule has 1 atom stereocenters. The summed E-state index contributed by atoms with van der Waals surface area (Å²) in [5.74, 6) is 0.576. The van der Waals surface area contributed by atoms with Crippen LogP contribution in [0.15, 0.2) is 60.8 Å². The molecule has 1 radical (unpaired) electrons. The zero-order chi connectivity index (χ0) is 20.4. The van der Waals surface area contributed by atoms with Crippen LogP contribution >= 0.6 is 11.6 Å². The fraction of sp³-hybridized carbons (Fsp3) is 0.360. The number of anilines is 1. The second-order valence-electron chi connectivity index (χ2n) is 8.33. The van der Waals surface area contributed by atoms with Gasteiger partial charge < -0.3 is 9.47 Å². The predicted molar refractivity (Wildman–Crippen MR) is 123 cm³/mol. The number of hydrogen-bond donors (Lipinski definition) is 0. The number of aryl methyl sites for hydroxylation is 1. The minimum atomic E-state index is 0.155. The lowest BCUT2D eigenvalue weighted by Crippen LogP contribution is -2.43. The van der Waals surface area contributed by atoms with Crippen molar-refractivity contribution in [1.29, 1.82) is 0 Å². The molecule has 4 heteroatoms. The van der Waals surface area contributed by atoms with Crippen LogP contribution in [0.25, 0.3) is 11.1 Å². The van der Waals surface area contributed by atoms with Gasteiger partial charge >= 0.3 is 0 Å². The molecule has 0 saturated carbocycles. The van der Waals surface area contributed by atoms with Crippen LogP contribution in [0.1, 0.15) is 31.1 Å². The van der Waals surface area contributed by atoms with Crippen molar-refractivity contribution in [3.05, 3.63) is 77.1 Å². The van der Waals surface area contributed by atoms with Crippen LogP contribution in [-0.4, -0.2) is 24.2 Å². The molecule has 0 N–H and O–H groups in total. The van der Waals surface area contributed by atoms with Crippen molar-refractivity contribution >= 4 is 17.3 Å². The highest BCUT2D eigenvalue weighted by Gasteiger charge is 2.29. The fourth-order valence-corrected chi connectivity index (χ4v) is 4.47. The SMILES string of the molecule is Cc1cn(CC(C)C)c(C2CN(c3ccccc3)CC[N]2)c1-c1ccc(Cl)cc1. The molecule has 1 aliphatic rings. The smallest absolute Gasteiger partial charge is 0.0829 e. The van der Waals surface area contributed by atoms with Gasteiger partial charge in [0.2, 0.25) is 0 Å². The van der Waals surface area contributed by atoms with E-state index in [1.54, 1.807) is 0 Å². The van der Waals surface area contributed by atoms with Crippen molar-refractivity contribution in [3.63, 3.8) is 0 Å². The van der Waals surface area contributed by atoms with E-state index in [0.29, 0.717) is 5.92 Å². The largest absolute Gasteiger partial charge is 0.368 e. The highest BCUT2D eigenvalue weighted by Crippen LogP contribution is 2.36. The van der Waals surface area contributed by atoms with E-state index in [2.05, 4.69) is 78.9 Å². The summed E-state index contributed by atoms with van der Waals surface area (Å²) in [6, 6.07) is 19.1. The Hall–Kier alpha value is -2.23. The summed E-state index contributed by atoms with van der Waals surface area (Å²) < 4.78 is 2.44. The zero-order valence-corrected chi connectivity index (χ0v) is 18.2. The Labute approximate surface area is 179 Å². The summed E-state index contributed by atoms with van der Waals surface area (Å²) in [6.45, 7) is 10.5. The molecule has 1 unspecified atom stereocenters. The van der Waals surface area contributed by atoms with Crippen LogP contribution in [0.5, 0.6) is 0 Å². The highest BCUT2D eigenvalue weighted by molar-refractivity contribution is 6.30. The fourth-order valence-electron chi connectivity index (χ4n) is 4.35. The Morgan fingerprint density at radius 1 is 1.07 bits per heavy atom. The van der Waals surface area contributed by atoms with Crippen LogP contribution in [0.3, 0.4) is 0 Å². The summed E-state index contributed by atoms with van der Waals surface area (Å²) >= 11 is 6.16. The lowest BCUT2D eigenvalue weighted by molar-refractivity contribution is 0.422. The Morgan fingerprint density at radius 3 is 2.48 bits per heavy atom. The van der Waals surface area contributed by atoms with Crippen LogP contribution < -0.4 is 10.2 Å². The van der Waals surface area contributed by atoms with Gasteiger partial charge in [0.05, 0.1) is 6.04 Å². The predicted octanol–water partition coefficient (Wildman–Crippen LogP) is 5.94. The van der Waals surface area contributed by atoms with Crippen molar-refractivity contribution < 1.29 is 0 Å². The molecule has 0 amide bonds. The Bertz CT molecular complexity index is 944. The summed E-state index contributed by atoms with van der Waals surface area (Å²) in [7, 11) is 0. The van der Waals surface area contributed by atoms with E-state index in [1.807, 2.05) is 12.1 Å². The molecular formula is C25H29ClN3. The van der Waals surface area contributed by atoms with E-state index < -0.39 is 0 Å². The minimum absolute atomic E-state index is 0.155. The lowest BCUT2D eigenvalue weighted by atomic mass is 9.97. The number of para-hydroxylation sites is 1. The molecule has 3 aromatic rings. The van der Waals surface area contributed by atoms with Gasteiger partial charge in [0, 0.05) is 54.3 Å². The van der Waals surface area contributed by atoms with Gasteiger partial charge in [-0.1, -0.05) is 55.8 Å². The molecule has 1 aliphatic heterocycles. The highest BCUT2D eigenvalue weighted by atomic mass is 35.5. The lowest BCUT2D eigenvalue weighted by Gasteiger charge is -2.35. The van der Waals surface area contributed by atoms with Gasteiger partial charge in [-0.05, 0) is 48.2 Å². The third-order valence-corrected chi connectivity index (χ3v) is 5.81. The van der Waals surface area contributed by atoms with Gasteiger partial charge in [-0.25, -0.2) is 5.32 Å². The number of hydrogen-bond acceptors (Lipinski definition) is 1. The zero-order valence-electron chi connectivity index (χ0n) is 17.5. The third-order valence-electron chi connectivity index (χ3n) is 5.55. The second kappa shape index (κ2) is 8.64. The topological polar surface area (TPSA) is 22.3 Å². The molecule has 0 spiro atoms. The Morgan fingerprint density at radius 2 is 1.79 bits per heavy atom. The minimum Gasteiger partial charge on any atom is -0.368 e. The molecule has 2 heterocycles. The first-order valence-corrected chi connectivity index (χ1v) is 10.8. The Kier molecular flexibility index (Phi) is 5.98. The van der Waals surface area contributed by atoms with E-state index in [1.165, 1.54) is 28.1 Å². The monoisotopic (exact) mass is 406 g/mol. The summed E-state index contributed by atoms with van der Waals surface area (Å²) in [5.41, 5.74) is 6.44. The first-order chi connectivity index (χ1) is 14.0. The first kappa shape index (κ1) is 20.1. The van der Waals surface area contributed by atoms with Crippen molar-refractivity contribution in [2.45, 2.75) is 33.4 Å². The number of benzene rings is 2. The molecule has 29 heavy (non-hydrogen) atoms. The van der Waals surface area contributed by atoms with E-state index in [-0.39, 0.29) is 6.04 Å². The molecule has 1 fully saturated rings. The normalized spacial score (nSPS) is 17.1. The van der Waals surface area contributed by atoms with Gasteiger partial charge in [0.15, 0.2) is 0 Å². The standard InChI is InChI=1S/C25H29ClN3/c1-18(2)15-29-16-19(3)24(20-9-11-21(26)12-10-20)25(29)23-17-28(14-13-27-23)22-7-5-4-6-8-22/h4-12,16,18,23H,13-15,17H2,1-3H3. The van der Waals surface area contributed by atoms with E-state index >= 15 is 0 Å². The number of aromatic nitrogens is 1. The molecule has 0 bridgehead atoms. The van der Waals surface area contributed by atoms with Crippen LogP contribution in [0.4, 0.5) is 5.69 Å². The van der Waals surface area contributed by atoms with Gasteiger partial charge in [-0.3, -0.25) is 0 Å². The van der Waals surface area contributed by atoms with E-state index in [9.17, 15) is 0 Å². The second-order valence-corrected chi connectivity index (χ2v) is 8.77. The first-order valence-electron chi connectivity index (χ1n) is 10.4. The van der Waals surface area contributed by atoms with Gasteiger partial charge in [-0.2, -0.15) is 0 Å². The maximum absolute atomic E-state index is 6.16. The quantitative estimate of drug-likeness (QED) is 0.514. The maximum Gasteiger partial charge on any atom is 0.0829 e. The summed E-state index contributed by atoms with van der Waals surface area (Å²) in [6.07, 6.45) is 2.30. The number of halogens is 1. The molecule has 0 aliphatic carbocycles. The van der Waals surface area contributed by atoms with Crippen LogP contribution in [0.2, 0.25) is 5.02 Å². The van der Waals surface area contributed by atoms with Crippen molar-refractivity contribution in [1.82, 2.24) is 9.88 Å². The summed E-state index contributed by atoms with van der Waals surface area (Å²) in [4.78, 5) is 2.46. The van der Waals surface area contributed by atoms with Crippen molar-refractivity contribution in [2.75, 3.05) is 24.5 Å². The van der Waals surface area contributed by atoms with Gasteiger partial charge in [0.1, 0.15) is 0 Å². The van der Waals surface area contributed by atoms with Crippen molar-refractivity contribution in [2.24, 2.45) is 5.92 Å². The molecule has 4 rings (SSSR count). The van der Waals surface area contributed by atoms with Gasteiger partial charge in [-0.15, -0.1) is 0 Å². The maximum atomic E-state index is 6.16. The third kappa shape index (κ3) is 4.36. The number of rotatable bonds is 5. The molecular weight excluding hydrogens is 378 g/mol. The number of piperazine rings is 1. The van der Waals surface area contributed by atoms with Crippen LogP contribution in [0, 0.1) is 12.8 Å². The average Bonchev–Trinajstić information content (AvgIpc) is 3.04. The summed E-state index contributed by atoms with van der Waals surface area (Å²) in [5, 5.41) is 5.84. The van der Waals surface area contributed by atoms with E-state index in [0.717, 1.165) is 31.2 Å². The molecule has 1 saturated heterocycles. The molecule has 2 aromatic carbocycles.